The van der Waals surface area contributed by atoms with Crippen LogP contribution in [0.1, 0.15) is 39.2 Å². The molecule has 2 N–H and O–H groups in total. The lowest BCUT2D eigenvalue weighted by atomic mass is 9.92. The predicted molar refractivity (Wildman–Crippen MR) is 97.6 cm³/mol. The Labute approximate surface area is 154 Å². The molecule has 0 aromatic heterocycles. The minimum atomic E-state index is -0.940. The number of methoxy groups -OCH3 is 1. The number of carbonyl (C=O) groups is 3. The minimum absolute atomic E-state index is 0.261. The summed E-state index contributed by atoms with van der Waals surface area (Å²) in [5.74, 6) is 0.349. The van der Waals surface area contributed by atoms with Gasteiger partial charge in [-0.1, -0.05) is 32.0 Å². The van der Waals surface area contributed by atoms with E-state index in [2.05, 4.69) is 24.5 Å². The van der Waals surface area contributed by atoms with Crippen molar-refractivity contribution in [3.05, 3.63) is 29.8 Å². The first-order valence-electron chi connectivity index (χ1n) is 8.79. The van der Waals surface area contributed by atoms with E-state index in [1.807, 2.05) is 18.2 Å². The molecule has 0 radical (unpaired) electrons. The van der Waals surface area contributed by atoms with Crippen LogP contribution < -0.4 is 15.4 Å². The fourth-order valence-corrected chi connectivity index (χ4v) is 2.88. The van der Waals surface area contributed by atoms with Gasteiger partial charge >= 0.3 is 6.03 Å². The van der Waals surface area contributed by atoms with Gasteiger partial charge in [-0.3, -0.25) is 14.5 Å². The maximum Gasteiger partial charge on any atom is 0.325 e. The average molecular weight is 361 g/mol. The third-order valence-electron chi connectivity index (χ3n) is 4.54. The molecule has 0 aliphatic carbocycles. The van der Waals surface area contributed by atoms with Gasteiger partial charge in [-0.25, -0.2) is 4.79 Å². The summed E-state index contributed by atoms with van der Waals surface area (Å²) < 4.78 is 5.24. The molecule has 0 spiro atoms. The van der Waals surface area contributed by atoms with Gasteiger partial charge in [0.15, 0.2) is 0 Å². The number of rotatable bonds is 8. The van der Waals surface area contributed by atoms with Crippen molar-refractivity contribution in [2.75, 3.05) is 13.7 Å². The highest BCUT2D eigenvalue weighted by Crippen LogP contribution is 2.24. The second-order valence-corrected chi connectivity index (χ2v) is 7.17. The largest absolute Gasteiger partial charge is 0.496 e. The molecule has 4 amide bonds. The quantitative estimate of drug-likeness (QED) is 0.694. The fraction of sp³-hybridized carbons (Fsp3) is 0.526. The van der Waals surface area contributed by atoms with E-state index in [0.717, 1.165) is 16.9 Å². The molecule has 1 heterocycles. The second kappa shape index (κ2) is 8.21. The van der Waals surface area contributed by atoms with Crippen LogP contribution in [0.25, 0.3) is 0 Å². The van der Waals surface area contributed by atoms with Gasteiger partial charge in [-0.05, 0) is 31.7 Å². The summed E-state index contributed by atoms with van der Waals surface area (Å²) in [5, 5.41) is 5.45. The number of hydrogen-bond donors (Lipinski definition) is 2. The molecule has 2 rings (SSSR count). The maximum absolute atomic E-state index is 12.6. The van der Waals surface area contributed by atoms with Crippen molar-refractivity contribution in [2.24, 2.45) is 5.92 Å². The lowest BCUT2D eigenvalue weighted by Gasteiger charge is -2.22. The van der Waals surface area contributed by atoms with Crippen molar-refractivity contribution in [1.82, 2.24) is 15.5 Å². The Balaban J connectivity index is 1.94. The number of nitrogens with zero attached hydrogens (tertiary/aromatic N) is 1. The highest BCUT2D eigenvalue weighted by Gasteiger charge is 2.47. The fourth-order valence-electron chi connectivity index (χ4n) is 2.88. The van der Waals surface area contributed by atoms with Crippen LogP contribution in [-0.2, 0) is 16.1 Å². The third-order valence-corrected chi connectivity index (χ3v) is 4.54. The van der Waals surface area contributed by atoms with E-state index in [9.17, 15) is 14.4 Å². The molecule has 1 aliphatic rings. The van der Waals surface area contributed by atoms with Gasteiger partial charge in [0.25, 0.3) is 5.91 Å². The van der Waals surface area contributed by atoms with E-state index >= 15 is 0 Å². The first-order chi connectivity index (χ1) is 12.3. The zero-order valence-electron chi connectivity index (χ0n) is 15.8. The van der Waals surface area contributed by atoms with Gasteiger partial charge in [0.05, 0.1) is 7.11 Å². The van der Waals surface area contributed by atoms with Crippen molar-refractivity contribution in [1.29, 1.82) is 0 Å². The minimum Gasteiger partial charge on any atom is -0.496 e. The van der Waals surface area contributed by atoms with E-state index in [1.165, 1.54) is 0 Å². The molecule has 0 bridgehead atoms. The second-order valence-electron chi connectivity index (χ2n) is 7.17. The van der Waals surface area contributed by atoms with Crippen molar-refractivity contribution >= 4 is 17.8 Å². The first-order valence-corrected chi connectivity index (χ1v) is 8.79. The van der Waals surface area contributed by atoms with E-state index in [-0.39, 0.29) is 19.0 Å². The lowest BCUT2D eigenvalue weighted by molar-refractivity contribution is -0.134. The molecule has 1 aromatic rings. The standard InChI is InChI=1S/C19H27N3O4/c1-13(2)9-10-19(3)17(24)22(18(25)21-19)12-16(23)20-11-14-7-5-6-8-15(14)26-4/h5-8,13H,9-12H2,1-4H3,(H,20,23)(H,21,25). The SMILES string of the molecule is COc1ccccc1CNC(=O)CN1C(=O)NC(C)(CCC(C)C)C1=O. The Bertz CT molecular complexity index is 689. The molecule has 1 unspecified atom stereocenters. The van der Waals surface area contributed by atoms with Gasteiger partial charge in [-0.2, -0.15) is 0 Å². The number of para-hydroxylation sites is 1. The molecular formula is C19H27N3O4. The van der Waals surface area contributed by atoms with Crippen LogP contribution in [0.4, 0.5) is 4.79 Å². The number of urea groups is 1. The van der Waals surface area contributed by atoms with E-state index < -0.39 is 17.5 Å². The Kier molecular flexibility index (Phi) is 6.23. The normalized spacial score (nSPS) is 19.7. The Hall–Kier alpha value is -2.57. The molecule has 1 aliphatic heterocycles. The van der Waals surface area contributed by atoms with E-state index in [1.54, 1.807) is 20.1 Å². The Morgan fingerprint density at radius 1 is 1.31 bits per heavy atom. The van der Waals surface area contributed by atoms with Crippen LogP contribution in [0.15, 0.2) is 24.3 Å². The number of hydrogen-bond acceptors (Lipinski definition) is 4. The lowest BCUT2D eigenvalue weighted by Crippen LogP contribution is -2.45. The number of carbonyl (C=O) groups excluding carboxylic acids is 3. The molecule has 1 fully saturated rings. The summed E-state index contributed by atoms with van der Waals surface area (Å²) in [7, 11) is 1.56. The molecule has 7 heteroatoms. The molecule has 1 aromatic carbocycles. The van der Waals surface area contributed by atoms with Crippen molar-refractivity contribution < 1.29 is 19.1 Å². The van der Waals surface area contributed by atoms with Gasteiger partial charge in [0, 0.05) is 12.1 Å². The number of imide groups is 1. The average Bonchev–Trinajstić information content (AvgIpc) is 2.82. The molecule has 7 nitrogen and oxygen atoms in total. The molecular weight excluding hydrogens is 334 g/mol. The van der Waals surface area contributed by atoms with E-state index in [4.69, 9.17) is 4.74 Å². The highest BCUT2D eigenvalue weighted by molar-refractivity contribution is 6.08. The van der Waals surface area contributed by atoms with Gasteiger partial charge in [-0.15, -0.1) is 0 Å². The van der Waals surface area contributed by atoms with Crippen LogP contribution in [0.3, 0.4) is 0 Å². The smallest absolute Gasteiger partial charge is 0.325 e. The van der Waals surface area contributed by atoms with Crippen LogP contribution in [0.5, 0.6) is 5.75 Å². The van der Waals surface area contributed by atoms with Crippen LogP contribution in [-0.4, -0.2) is 41.9 Å². The zero-order valence-corrected chi connectivity index (χ0v) is 15.8. The summed E-state index contributed by atoms with van der Waals surface area (Å²) in [4.78, 5) is 38.0. The molecule has 142 valence electrons. The topological polar surface area (TPSA) is 87.7 Å². The predicted octanol–water partition coefficient (Wildman–Crippen LogP) is 2.06. The monoisotopic (exact) mass is 361 g/mol. The third kappa shape index (κ3) is 4.53. The highest BCUT2D eigenvalue weighted by atomic mass is 16.5. The Morgan fingerprint density at radius 3 is 2.65 bits per heavy atom. The van der Waals surface area contributed by atoms with Crippen molar-refractivity contribution in [3.63, 3.8) is 0 Å². The molecule has 1 atom stereocenters. The van der Waals surface area contributed by atoms with Crippen molar-refractivity contribution in [3.8, 4) is 5.75 Å². The van der Waals surface area contributed by atoms with E-state index in [0.29, 0.717) is 18.1 Å². The molecule has 0 saturated carbocycles. The number of benzene rings is 1. The summed E-state index contributed by atoms with van der Waals surface area (Å²) in [6.07, 6.45) is 1.37. The van der Waals surface area contributed by atoms with Crippen LogP contribution >= 0.6 is 0 Å². The van der Waals surface area contributed by atoms with Crippen LogP contribution in [0.2, 0.25) is 0 Å². The van der Waals surface area contributed by atoms with Crippen LogP contribution in [0, 0.1) is 5.92 Å². The van der Waals surface area contributed by atoms with Crippen molar-refractivity contribution in [2.45, 2.75) is 45.7 Å². The molecule has 1 saturated heterocycles. The van der Waals surface area contributed by atoms with Gasteiger partial charge < -0.3 is 15.4 Å². The molecule has 26 heavy (non-hydrogen) atoms. The summed E-state index contributed by atoms with van der Waals surface area (Å²) >= 11 is 0. The maximum atomic E-state index is 12.6. The van der Waals surface area contributed by atoms with Gasteiger partial charge in [0.1, 0.15) is 17.8 Å². The Morgan fingerprint density at radius 2 is 2.00 bits per heavy atom. The zero-order chi connectivity index (χ0) is 19.3. The summed E-state index contributed by atoms with van der Waals surface area (Å²) in [5.41, 5.74) is -0.119. The number of amides is 4. The van der Waals surface area contributed by atoms with Gasteiger partial charge in [0.2, 0.25) is 5.91 Å². The number of ether oxygens (including phenoxy) is 1. The number of nitrogens with one attached hydrogen (secondary N) is 2. The summed E-state index contributed by atoms with van der Waals surface area (Å²) in [6.45, 7) is 5.80. The first kappa shape index (κ1) is 19.8. The summed E-state index contributed by atoms with van der Waals surface area (Å²) in [6, 6.07) is 6.82.